The van der Waals surface area contributed by atoms with Crippen molar-refractivity contribution in [2.24, 2.45) is 0 Å². The zero-order valence-electron chi connectivity index (χ0n) is 9.30. The lowest BCUT2D eigenvalue weighted by Crippen LogP contribution is -2.52. The van der Waals surface area contributed by atoms with Crippen LogP contribution in [0.4, 0.5) is 0 Å². The molecule has 0 amide bonds. The van der Waals surface area contributed by atoms with Gasteiger partial charge in [-0.3, -0.25) is 0 Å². The van der Waals surface area contributed by atoms with Gasteiger partial charge < -0.3 is 35.4 Å². The molecule has 0 spiro atoms. The molecule has 0 aliphatic rings. The summed E-state index contributed by atoms with van der Waals surface area (Å²) in [5.74, 6) is -1.16. The van der Waals surface area contributed by atoms with Crippen LogP contribution in [0.25, 0.3) is 0 Å². The Balaban J connectivity index is 4.47. The van der Waals surface area contributed by atoms with E-state index in [1.165, 1.54) is 6.92 Å². The van der Waals surface area contributed by atoms with Crippen molar-refractivity contribution in [2.75, 3.05) is 13.2 Å². The Morgan fingerprint density at radius 3 is 2.00 bits per heavy atom. The molecule has 0 bridgehead atoms. The third-order valence-corrected chi connectivity index (χ3v) is 2.13. The maximum atomic E-state index is 11.0. The molecule has 8 nitrogen and oxygen atoms in total. The van der Waals surface area contributed by atoms with Gasteiger partial charge in [0.2, 0.25) is 0 Å². The van der Waals surface area contributed by atoms with Crippen molar-refractivity contribution in [3.05, 3.63) is 0 Å². The molecule has 0 aliphatic heterocycles. The van der Waals surface area contributed by atoms with Crippen LogP contribution in [0.15, 0.2) is 0 Å². The van der Waals surface area contributed by atoms with Crippen LogP contribution in [0.1, 0.15) is 6.92 Å². The van der Waals surface area contributed by atoms with E-state index in [-0.39, 0.29) is 6.61 Å². The molecule has 5 atom stereocenters. The molecule has 0 aromatic rings. The third-order valence-electron chi connectivity index (χ3n) is 2.13. The van der Waals surface area contributed by atoms with E-state index in [9.17, 15) is 25.2 Å². The first-order valence-electron chi connectivity index (χ1n) is 5.04. The predicted molar refractivity (Wildman–Crippen MR) is 53.8 cm³/mol. The van der Waals surface area contributed by atoms with E-state index in [1.807, 2.05) is 0 Å². The summed E-state index contributed by atoms with van der Waals surface area (Å²) in [5, 5.41) is 54.7. The summed E-state index contributed by atoms with van der Waals surface area (Å²) in [4.78, 5) is 11.0. The Morgan fingerprint density at radius 2 is 1.59 bits per heavy atom. The van der Waals surface area contributed by atoms with E-state index in [0.29, 0.717) is 0 Å². The molecular formula is C9H18O8. The highest BCUT2D eigenvalue weighted by atomic mass is 16.5. The molecule has 102 valence electrons. The Morgan fingerprint density at radius 1 is 1.06 bits per heavy atom. The fourth-order valence-electron chi connectivity index (χ4n) is 1.09. The maximum absolute atomic E-state index is 11.0. The molecule has 0 unspecified atom stereocenters. The van der Waals surface area contributed by atoms with Gasteiger partial charge in [0.15, 0.2) is 6.10 Å². The van der Waals surface area contributed by atoms with Crippen LogP contribution < -0.4 is 0 Å². The summed E-state index contributed by atoms with van der Waals surface area (Å²) in [6.45, 7) is 0.610. The number of hydrogen-bond donors (Lipinski definition) is 6. The van der Waals surface area contributed by atoms with E-state index in [1.54, 1.807) is 0 Å². The number of esters is 1. The zero-order valence-corrected chi connectivity index (χ0v) is 9.30. The van der Waals surface area contributed by atoms with Crippen LogP contribution in [-0.4, -0.2) is 80.3 Å². The van der Waals surface area contributed by atoms with Crippen molar-refractivity contribution in [2.45, 2.75) is 37.4 Å². The van der Waals surface area contributed by atoms with Gasteiger partial charge in [-0.05, 0) is 6.92 Å². The van der Waals surface area contributed by atoms with Gasteiger partial charge in [-0.25, -0.2) is 4.79 Å². The van der Waals surface area contributed by atoms with Gasteiger partial charge in [0.1, 0.15) is 24.4 Å². The highest BCUT2D eigenvalue weighted by Crippen LogP contribution is 2.09. The number of ether oxygens (including phenoxy) is 1. The minimum absolute atomic E-state index is 0.0273. The van der Waals surface area contributed by atoms with E-state index in [0.717, 1.165) is 0 Å². The lowest BCUT2D eigenvalue weighted by atomic mass is 9.99. The second-order valence-corrected chi connectivity index (χ2v) is 3.42. The van der Waals surface area contributed by atoms with Gasteiger partial charge in [0, 0.05) is 0 Å². The van der Waals surface area contributed by atoms with Crippen molar-refractivity contribution in [3.8, 4) is 0 Å². The number of carbonyl (C=O) groups is 1. The molecule has 0 rings (SSSR count). The van der Waals surface area contributed by atoms with Crippen LogP contribution in [0.5, 0.6) is 0 Å². The van der Waals surface area contributed by atoms with Gasteiger partial charge in [-0.15, -0.1) is 0 Å². The molecule has 0 saturated carbocycles. The second kappa shape index (κ2) is 7.54. The number of aliphatic hydroxyl groups is 6. The molecule has 0 radical (unpaired) electrons. The monoisotopic (exact) mass is 254 g/mol. The molecule has 0 aliphatic carbocycles. The van der Waals surface area contributed by atoms with Crippen LogP contribution in [0, 0.1) is 0 Å². The minimum Gasteiger partial charge on any atom is -0.464 e. The Hall–Kier alpha value is -0.770. The van der Waals surface area contributed by atoms with Gasteiger partial charge in [0.05, 0.1) is 13.2 Å². The topological polar surface area (TPSA) is 148 Å². The van der Waals surface area contributed by atoms with Crippen LogP contribution >= 0.6 is 0 Å². The maximum Gasteiger partial charge on any atom is 0.337 e. The second-order valence-electron chi connectivity index (χ2n) is 3.42. The summed E-state index contributed by atoms with van der Waals surface area (Å²) in [6, 6.07) is 0. The number of hydrogen-bond acceptors (Lipinski definition) is 8. The normalized spacial score (nSPS) is 20.2. The summed E-state index contributed by atoms with van der Waals surface area (Å²) >= 11 is 0. The average Bonchev–Trinajstić information content (AvgIpc) is 2.34. The SMILES string of the molecule is CCOC(=O)[C@@H](O)[C@H](O)[C@H](O)[C@@H](O)[C@@H](O)CO. The smallest absolute Gasteiger partial charge is 0.337 e. The van der Waals surface area contributed by atoms with Crippen LogP contribution in [0.3, 0.4) is 0 Å². The first-order valence-corrected chi connectivity index (χ1v) is 5.04. The first-order chi connectivity index (χ1) is 7.86. The standard InChI is InChI=1S/C9H18O8/c1-2-17-9(16)8(15)7(14)6(13)5(12)4(11)3-10/h4-8,10-15H,2-3H2,1H3/t4-,5-,6+,7+,8-/m0/s1. The lowest BCUT2D eigenvalue weighted by molar-refractivity contribution is -0.174. The van der Waals surface area contributed by atoms with Crippen molar-refractivity contribution in [1.82, 2.24) is 0 Å². The third kappa shape index (κ3) is 4.54. The predicted octanol–water partition coefficient (Wildman–Crippen LogP) is -3.65. The fraction of sp³-hybridized carbons (Fsp3) is 0.889. The molecular weight excluding hydrogens is 236 g/mol. The van der Waals surface area contributed by atoms with Gasteiger partial charge in [0.25, 0.3) is 0 Å². The van der Waals surface area contributed by atoms with Crippen molar-refractivity contribution < 1.29 is 40.2 Å². The molecule has 0 fully saturated rings. The number of aliphatic hydroxyl groups excluding tert-OH is 6. The Kier molecular flexibility index (Phi) is 7.19. The number of rotatable bonds is 7. The lowest BCUT2D eigenvalue weighted by Gasteiger charge is -2.27. The molecule has 0 aromatic carbocycles. The molecule has 17 heavy (non-hydrogen) atoms. The van der Waals surface area contributed by atoms with Crippen molar-refractivity contribution in [3.63, 3.8) is 0 Å². The highest BCUT2D eigenvalue weighted by Gasteiger charge is 2.37. The van der Waals surface area contributed by atoms with E-state index in [4.69, 9.17) is 10.2 Å². The van der Waals surface area contributed by atoms with Gasteiger partial charge in [-0.2, -0.15) is 0 Å². The highest BCUT2D eigenvalue weighted by molar-refractivity contribution is 5.75. The van der Waals surface area contributed by atoms with Gasteiger partial charge >= 0.3 is 5.97 Å². The average molecular weight is 254 g/mol. The van der Waals surface area contributed by atoms with E-state index >= 15 is 0 Å². The van der Waals surface area contributed by atoms with Crippen molar-refractivity contribution >= 4 is 5.97 Å². The summed E-state index contributed by atoms with van der Waals surface area (Å²) in [6.07, 6.45) is -9.69. The van der Waals surface area contributed by atoms with E-state index < -0.39 is 43.1 Å². The molecule has 0 aromatic heterocycles. The van der Waals surface area contributed by atoms with E-state index in [2.05, 4.69) is 4.74 Å². The molecule has 0 saturated heterocycles. The zero-order chi connectivity index (χ0) is 13.6. The Labute approximate surface area is 97.7 Å². The molecule has 0 heterocycles. The van der Waals surface area contributed by atoms with Gasteiger partial charge in [-0.1, -0.05) is 0 Å². The fourth-order valence-corrected chi connectivity index (χ4v) is 1.09. The summed E-state index contributed by atoms with van der Waals surface area (Å²) in [5.41, 5.74) is 0. The summed E-state index contributed by atoms with van der Waals surface area (Å²) in [7, 11) is 0. The Bertz CT molecular complexity index is 233. The quantitative estimate of drug-likeness (QED) is 0.255. The molecule has 8 heteroatoms. The summed E-state index contributed by atoms with van der Waals surface area (Å²) < 4.78 is 4.39. The minimum atomic E-state index is -2.05. The van der Waals surface area contributed by atoms with Crippen molar-refractivity contribution in [1.29, 1.82) is 0 Å². The van der Waals surface area contributed by atoms with Crippen LogP contribution in [-0.2, 0) is 9.53 Å². The largest absolute Gasteiger partial charge is 0.464 e. The first kappa shape index (κ1) is 16.2. The number of carbonyl (C=O) groups excluding carboxylic acids is 1. The molecule has 6 N–H and O–H groups in total. The van der Waals surface area contributed by atoms with Crippen LogP contribution in [0.2, 0.25) is 0 Å².